The van der Waals surface area contributed by atoms with Crippen LogP contribution in [-0.2, 0) is 14.1 Å². The van der Waals surface area contributed by atoms with Crippen LogP contribution in [0.15, 0.2) is 24.4 Å². The van der Waals surface area contributed by atoms with Gasteiger partial charge in [-0.1, -0.05) is 11.3 Å². The second-order valence-electron chi connectivity index (χ2n) is 3.98. The fourth-order valence-corrected chi connectivity index (χ4v) is 1.87. The number of nitrogens with two attached hydrogens (primary N) is 1. The largest absolute Gasteiger partial charge is 0.383 e. The van der Waals surface area contributed by atoms with Crippen molar-refractivity contribution in [1.29, 1.82) is 0 Å². The minimum absolute atomic E-state index is 0.652. The van der Waals surface area contributed by atoms with E-state index in [0.717, 1.165) is 22.2 Å². The third-order valence-corrected chi connectivity index (χ3v) is 2.91. The van der Waals surface area contributed by atoms with Crippen LogP contribution in [0.4, 0.5) is 5.82 Å². The number of nitrogens with zero attached hydrogens (tertiary/aromatic N) is 5. The zero-order valence-corrected chi connectivity index (χ0v) is 9.62. The molecule has 0 saturated carbocycles. The number of fused-ring (bicyclic) bond motifs is 1. The number of aromatic nitrogens is 5. The number of benzene rings is 1. The van der Waals surface area contributed by atoms with Gasteiger partial charge in [0.05, 0.1) is 11.7 Å². The molecular weight excluding hydrogens is 216 g/mol. The van der Waals surface area contributed by atoms with Gasteiger partial charge in [-0.15, -0.1) is 5.10 Å². The van der Waals surface area contributed by atoms with Crippen molar-refractivity contribution in [3.05, 3.63) is 24.4 Å². The molecular formula is C11H12N6. The van der Waals surface area contributed by atoms with Crippen LogP contribution in [0.3, 0.4) is 0 Å². The molecule has 3 rings (SSSR count). The summed E-state index contributed by atoms with van der Waals surface area (Å²) in [7, 11) is 3.69. The topological polar surface area (TPSA) is 74.5 Å². The molecule has 0 spiro atoms. The zero-order chi connectivity index (χ0) is 12.0. The molecule has 2 aromatic heterocycles. The average molecular weight is 228 g/mol. The lowest BCUT2D eigenvalue weighted by Gasteiger charge is -2.01. The monoisotopic (exact) mass is 228 g/mol. The van der Waals surface area contributed by atoms with Crippen molar-refractivity contribution in [3.63, 3.8) is 0 Å². The van der Waals surface area contributed by atoms with Crippen molar-refractivity contribution < 1.29 is 0 Å². The van der Waals surface area contributed by atoms with Gasteiger partial charge in [-0.05, 0) is 17.7 Å². The fourth-order valence-electron chi connectivity index (χ4n) is 1.87. The Morgan fingerprint density at radius 3 is 2.71 bits per heavy atom. The van der Waals surface area contributed by atoms with Crippen molar-refractivity contribution in [2.45, 2.75) is 0 Å². The van der Waals surface area contributed by atoms with E-state index in [9.17, 15) is 0 Å². The molecule has 0 aliphatic rings. The highest BCUT2D eigenvalue weighted by Gasteiger charge is 2.09. The summed E-state index contributed by atoms with van der Waals surface area (Å²) in [4.78, 5) is 0. The van der Waals surface area contributed by atoms with Crippen molar-refractivity contribution in [3.8, 4) is 11.1 Å². The zero-order valence-electron chi connectivity index (χ0n) is 9.62. The van der Waals surface area contributed by atoms with Gasteiger partial charge in [0.15, 0.2) is 0 Å². The van der Waals surface area contributed by atoms with E-state index in [0.29, 0.717) is 5.82 Å². The summed E-state index contributed by atoms with van der Waals surface area (Å²) in [6.07, 6.45) is 1.76. The molecule has 6 heteroatoms. The third-order valence-electron chi connectivity index (χ3n) is 2.91. The van der Waals surface area contributed by atoms with E-state index < -0.39 is 0 Å². The smallest absolute Gasteiger partial charge is 0.129 e. The molecule has 0 bridgehead atoms. The minimum Gasteiger partial charge on any atom is -0.383 e. The van der Waals surface area contributed by atoms with Crippen molar-refractivity contribution >= 4 is 16.9 Å². The van der Waals surface area contributed by atoms with Gasteiger partial charge in [-0.2, -0.15) is 5.10 Å². The Morgan fingerprint density at radius 2 is 2.00 bits per heavy atom. The molecule has 0 unspecified atom stereocenters. The lowest BCUT2D eigenvalue weighted by atomic mass is 10.1. The quantitative estimate of drug-likeness (QED) is 0.673. The average Bonchev–Trinajstić information content (AvgIpc) is 2.85. The normalized spacial score (nSPS) is 11.2. The van der Waals surface area contributed by atoms with E-state index in [-0.39, 0.29) is 0 Å². The van der Waals surface area contributed by atoms with Crippen LogP contribution < -0.4 is 5.73 Å². The molecule has 0 atom stereocenters. The van der Waals surface area contributed by atoms with Crippen LogP contribution in [0.2, 0.25) is 0 Å². The molecule has 86 valence electrons. The molecule has 17 heavy (non-hydrogen) atoms. The predicted octanol–water partition coefficient (Wildman–Crippen LogP) is 0.951. The van der Waals surface area contributed by atoms with E-state index in [1.54, 1.807) is 15.6 Å². The Hall–Kier alpha value is -2.37. The van der Waals surface area contributed by atoms with Gasteiger partial charge in [0.2, 0.25) is 0 Å². The molecule has 3 aromatic rings. The van der Waals surface area contributed by atoms with Crippen LogP contribution in [0.1, 0.15) is 0 Å². The molecule has 6 nitrogen and oxygen atoms in total. The highest BCUT2D eigenvalue weighted by atomic mass is 15.4. The Bertz CT molecular complexity index is 693. The Balaban J connectivity index is 2.24. The molecule has 1 aromatic carbocycles. The Morgan fingerprint density at radius 1 is 1.18 bits per heavy atom. The van der Waals surface area contributed by atoms with Crippen LogP contribution in [-0.4, -0.2) is 24.8 Å². The van der Waals surface area contributed by atoms with Crippen LogP contribution >= 0.6 is 0 Å². The Kier molecular flexibility index (Phi) is 1.91. The highest BCUT2D eigenvalue weighted by Crippen LogP contribution is 2.27. The summed E-state index contributed by atoms with van der Waals surface area (Å²) < 4.78 is 3.40. The first-order valence-corrected chi connectivity index (χ1v) is 5.24. The molecule has 2 N–H and O–H groups in total. The van der Waals surface area contributed by atoms with Gasteiger partial charge < -0.3 is 5.73 Å². The van der Waals surface area contributed by atoms with Gasteiger partial charge in [0.25, 0.3) is 0 Å². The van der Waals surface area contributed by atoms with Crippen molar-refractivity contribution in [1.82, 2.24) is 24.8 Å². The first-order valence-electron chi connectivity index (χ1n) is 5.24. The maximum Gasteiger partial charge on any atom is 0.129 e. The highest BCUT2D eigenvalue weighted by molar-refractivity contribution is 5.84. The molecule has 0 aliphatic carbocycles. The summed E-state index contributed by atoms with van der Waals surface area (Å²) in [5, 5.41) is 12.2. The third kappa shape index (κ3) is 1.37. The number of anilines is 1. The van der Waals surface area contributed by atoms with Gasteiger partial charge in [0.1, 0.15) is 11.3 Å². The van der Waals surface area contributed by atoms with Crippen LogP contribution in [0.5, 0.6) is 0 Å². The lowest BCUT2D eigenvalue weighted by Crippen LogP contribution is -1.98. The van der Waals surface area contributed by atoms with Gasteiger partial charge in [0, 0.05) is 19.7 Å². The molecule has 2 heterocycles. The van der Waals surface area contributed by atoms with Crippen molar-refractivity contribution in [2.75, 3.05) is 5.73 Å². The second-order valence-corrected chi connectivity index (χ2v) is 3.98. The van der Waals surface area contributed by atoms with Gasteiger partial charge in [-0.3, -0.25) is 4.68 Å². The summed E-state index contributed by atoms with van der Waals surface area (Å²) in [6.45, 7) is 0. The lowest BCUT2D eigenvalue weighted by molar-refractivity contribution is 0.736. The molecule has 0 aliphatic heterocycles. The van der Waals surface area contributed by atoms with E-state index in [1.165, 1.54) is 0 Å². The first-order chi connectivity index (χ1) is 8.16. The summed E-state index contributed by atoms with van der Waals surface area (Å²) in [5.74, 6) is 0.652. The maximum absolute atomic E-state index is 5.95. The van der Waals surface area contributed by atoms with E-state index in [1.807, 2.05) is 32.3 Å². The van der Waals surface area contributed by atoms with E-state index >= 15 is 0 Å². The van der Waals surface area contributed by atoms with Crippen LogP contribution in [0.25, 0.3) is 22.2 Å². The minimum atomic E-state index is 0.652. The van der Waals surface area contributed by atoms with Gasteiger partial charge >= 0.3 is 0 Å². The molecule has 0 radical (unpaired) electrons. The molecule has 0 fully saturated rings. The number of hydrogen-bond acceptors (Lipinski definition) is 4. The number of aryl methyl sites for hydroxylation is 2. The SMILES string of the molecule is Cn1ncc(-c2ccc3nnn(C)c3c2)c1N. The Labute approximate surface area is 97.6 Å². The summed E-state index contributed by atoms with van der Waals surface area (Å²) in [6, 6.07) is 5.93. The van der Waals surface area contributed by atoms with Gasteiger partial charge in [-0.25, -0.2) is 4.68 Å². The molecule has 0 saturated heterocycles. The second kappa shape index (κ2) is 3.31. The number of hydrogen-bond donors (Lipinski definition) is 1. The fraction of sp³-hybridized carbons (Fsp3) is 0.182. The maximum atomic E-state index is 5.95. The van der Waals surface area contributed by atoms with Crippen LogP contribution in [0, 0.1) is 0 Å². The number of rotatable bonds is 1. The standard InChI is InChI=1S/C11H12N6/c1-16-10-5-7(3-4-9(10)14-15-16)8-6-13-17(2)11(8)12/h3-6H,12H2,1-2H3. The number of nitrogen functional groups attached to an aromatic ring is 1. The predicted molar refractivity (Wildman–Crippen MR) is 65.1 cm³/mol. The molecule has 0 amide bonds. The van der Waals surface area contributed by atoms with E-state index in [4.69, 9.17) is 5.73 Å². The van der Waals surface area contributed by atoms with Crippen molar-refractivity contribution in [2.24, 2.45) is 14.1 Å². The van der Waals surface area contributed by atoms with E-state index in [2.05, 4.69) is 15.4 Å². The first kappa shape index (κ1) is 9.83. The summed E-state index contributed by atoms with van der Waals surface area (Å²) >= 11 is 0. The summed E-state index contributed by atoms with van der Waals surface area (Å²) in [5.41, 5.74) is 9.75.